The van der Waals surface area contributed by atoms with Crippen molar-refractivity contribution in [1.29, 1.82) is 0 Å². The maximum atomic E-state index is 15.7. The minimum atomic E-state index is -4.46. The molecule has 318 valence electrons. The SMILES string of the molecule is COC(n1ccc(NC(=O)CC(C)(C)CCC(CCSCc2ccc(C(F)(F)F)cc2)SCc2ccc(C(F)(F)F)cc2)nc1=O)C(F)(F)C(C)(CO)[C@H](C)CO. The topological polar surface area (TPSA) is 114 Å². The second-order valence-corrected chi connectivity index (χ2v) is 17.4. The Labute approximate surface area is 335 Å². The largest absolute Gasteiger partial charge is 0.416 e. The van der Waals surface area contributed by atoms with Crippen LogP contribution in [0.25, 0.3) is 0 Å². The highest BCUT2D eigenvalue weighted by molar-refractivity contribution is 7.99. The van der Waals surface area contributed by atoms with Gasteiger partial charge in [-0.05, 0) is 77.8 Å². The van der Waals surface area contributed by atoms with Crippen LogP contribution in [-0.2, 0) is 33.4 Å². The fourth-order valence-corrected chi connectivity index (χ4v) is 8.30. The third-order valence-corrected chi connectivity index (χ3v) is 12.5. The first kappa shape index (κ1) is 48.2. The Hall–Kier alpha value is -3.19. The Morgan fingerprint density at radius 2 is 1.40 bits per heavy atom. The average Bonchev–Trinajstić information content (AvgIpc) is 3.13. The Kier molecular flexibility index (Phi) is 17.1. The molecule has 4 atom stereocenters. The summed E-state index contributed by atoms with van der Waals surface area (Å²) in [6, 6.07) is 11.0. The summed E-state index contributed by atoms with van der Waals surface area (Å²) in [6.07, 6.45) is -8.25. The Balaban J connectivity index is 1.65. The number of methoxy groups -OCH3 is 1. The summed E-state index contributed by atoms with van der Waals surface area (Å²) in [5.41, 5.74) is -3.96. The Morgan fingerprint density at radius 3 is 1.88 bits per heavy atom. The van der Waals surface area contributed by atoms with Crippen LogP contribution >= 0.6 is 23.5 Å². The van der Waals surface area contributed by atoms with Crippen molar-refractivity contribution < 1.29 is 54.9 Å². The number of carbonyl (C=O) groups is 1. The minimum absolute atomic E-state index is 0.0105. The normalized spacial score (nSPS) is 15.5. The molecule has 0 fully saturated rings. The third-order valence-electron chi connectivity index (χ3n) is 10.0. The molecule has 3 N–H and O–H groups in total. The van der Waals surface area contributed by atoms with E-state index in [-0.39, 0.29) is 17.5 Å². The van der Waals surface area contributed by atoms with Crippen LogP contribution in [0.2, 0.25) is 0 Å². The molecule has 2 aromatic carbocycles. The number of anilines is 1. The van der Waals surface area contributed by atoms with Crippen molar-refractivity contribution in [1.82, 2.24) is 9.55 Å². The van der Waals surface area contributed by atoms with E-state index in [1.807, 2.05) is 13.8 Å². The van der Waals surface area contributed by atoms with Gasteiger partial charge in [-0.3, -0.25) is 9.36 Å². The summed E-state index contributed by atoms with van der Waals surface area (Å²) in [4.78, 5) is 29.8. The van der Waals surface area contributed by atoms with Gasteiger partial charge in [-0.2, -0.15) is 54.9 Å². The number of hydrogen-bond acceptors (Lipinski definition) is 8. The highest BCUT2D eigenvalue weighted by Gasteiger charge is 2.59. The van der Waals surface area contributed by atoms with Gasteiger partial charge >= 0.3 is 18.0 Å². The molecule has 0 aliphatic rings. The maximum Gasteiger partial charge on any atom is 0.416 e. The van der Waals surface area contributed by atoms with Crippen molar-refractivity contribution in [3.8, 4) is 0 Å². The molecular weight excluding hydrogens is 807 g/mol. The summed E-state index contributed by atoms with van der Waals surface area (Å²) >= 11 is 3.10. The van der Waals surface area contributed by atoms with E-state index in [1.165, 1.54) is 31.2 Å². The maximum absolute atomic E-state index is 15.7. The van der Waals surface area contributed by atoms with Crippen LogP contribution in [0.3, 0.4) is 0 Å². The average molecular weight is 856 g/mol. The second kappa shape index (κ2) is 20.2. The van der Waals surface area contributed by atoms with Gasteiger partial charge in [-0.1, -0.05) is 52.0 Å². The third kappa shape index (κ3) is 13.4. The first-order chi connectivity index (χ1) is 26.5. The molecule has 0 aliphatic carbocycles. The summed E-state index contributed by atoms with van der Waals surface area (Å²) < 4.78 is 115. The molecular formula is C39H49F8N3O5S2. The molecule has 1 heterocycles. The highest BCUT2D eigenvalue weighted by Crippen LogP contribution is 2.49. The van der Waals surface area contributed by atoms with E-state index in [1.54, 1.807) is 23.5 Å². The van der Waals surface area contributed by atoms with Gasteiger partial charge in [0.1, 0.15) is 5.82 Å². The van der Waals surface area contributed by atoms with E-state index < -0.39 is 77.2 Å². The van der Waals surface area contributed by atoms with Crippen LogP contribution in [0.1, 0.15) is 81.9 Å². The molecule has 18 heteroatoms. The molecule has 0 spiro atoms. The number of nitrogens with one attached hydrogen (secondary N) is 1. The summed E-state index contributed by atoms with van der Waals surface area (Å²) in [7, 11) is 0.962. The van der Waals surface area contributed by atoms with Crippen molar-refractivity contribution in [2.75, 3.05) is 31.4 Å². The molecule has 1 aromatic heterocycles. The molecule has 0 radical (unpaired) electrons. The van der Waals surface area contributed by atoms with Crippen LogP contribution < -0.4 is 11.0 Å². The van der Waals surface area contributed by atoms with Crippen LogP contribution in [0, 0.1) is 16.7 Å². The predicted octanol–water partition coefficient (Wildman–Crippen LogP) is 9.45. The van der Waals surface area contributed by atoms with Gasteiger partial charge < -0.3 is 20.3 Å². The van der Waals surface area contributed by atoms with Crippen LogP contribution in [-0.4, -0.2) is 62.9 Å². The molecule has 1 amide bonds. The number of aliphatic hydroxyl groups excluding tert-OH is 2. The number of hydrogen-bond donors (Lipinski definition) is 3. The molecule has 3 unspecified atom stereocenters. The van der Waals surface area contributed by atoms with Gasteiger partial charge in [0.25, 0.3) is 5.92 Å². The van der Waals surface area contributed by atoms with Crippen LogP contribution in [0.5, 0.6) is 0 Å². The number of halogens is 8. The predicted molar refractivity (Wildman–Crippen MR) is 206 cm³/mol. The highest BCUT2D eigenvalue weighted by atomic mass is 32.2. The number of benzene rings is 2. The van der Waals surface area contributed by atoms with Crippen LogP contribution in [0.15, 0.2) is 65.6 Å². The molecule has 0 bridgehead atoms. The summed E-state index contributed by atoms with van der Waals surface area (Å²) in [5.74, 6) is -4.04. The van der Waals surface area contributed by atoms with Crippen molar-refractivity contribution in [3.05, 3.63) is 93.5 Å². The van der Waals surface area contributed by atoms with Crippen molar-refractivity contribution in [3.63, 3.8) is 0 Å². The number of nitrogens with zero attached hydrogens (tertiary/aromatic N) is 2. The lowest BCUT2D eigenvalue weighted by atomic mass is 9.73. The fraction of sp³-hybridized carbons (Fsp3) is 0.564. The fourth-order valence-electron chi connectivity index (χ4n) is 5.94. The monoisotopic (exact) mass is 855 g/mol. The van der Waals surface area contributed by atoms with Crippen molar-refractivity contribution in [2.45, 2.75) is 94.6 Å². The zero-order chi connectivity index (χ0) is 42.8. The smallest absolute Gasteiger partial charge is 0.396 e. The molecule has 8 nitrogen and oxygen atoms in total. The van der Waals surface area contributed by atoms with Gasteiger partial charge in [0.05, 0.1) is 23.1 Å². The number of carbonyl (C=O) groups excluding carboxylic acids is 1. The molecule has 3 rings (SSSR count). The van der Waals surface area contributed by atoms with Crippen molar-refractivity contribution in [2.24, 2.45) is 16.7 Å². The molecule has 0 saturated heterocycles. The summed E-state index contributed by atoms with van der Waals surface area (Å²) in [6.45, 7) is 4.46. The Morgan fingerprint density at radius 1 is 0.860 bits per heavy atom. The lowest BCUT2D eigenvalue weighted by Crippen LogP contribution is -2.54. The number of alkyl halides is 8. The standard InChI is InChI=1S/C39H49F8N3O5S2/c1-25(21-51)36(4,24-52)37(40,41)33(55-5)50-18-15-31(49-34(50)54)48-32(53)20-35(2,3)17-14-30(57-23-27-8-12-29(13-9-27)39(45,46)47)16-19-56-22-26-6-10-28(11-7-26)38(42,43)44/h6-13,15,18,25,30,33,51-52H,14,16-17,19-24H2,1-5H3,(H,48,49,53,54)/t25-,30?,33?,36?/m1/s1. The van der Waals surface area contributed by atoms with Gasteiger partial charge in [0, 0.05) is 43.1 Å². The van der Waals surface area contributed by atoms with Gasteiger partial charge in [-0.25, -0.2) is 13.6 Å². The van der Waals surface area contributed by atoms with E-state index in [4.69, 9.17) is 4.74 Å². The lowest BCUT2D eigenvalue weighted by Gasteiger charge is -2.43. The molecule has 0 saturated carbocycles. The zero-order valence-corrected chi connectivity index (χ0v) is 33.9. The van der Waals surface area contributed by atoms with E-state index >= 15 is 8.78 Å². The Bertz CT molecular complexity index is 1790. The number of aromatic nitrogens is 2. The van der Waals surface area contributed by atoms with Gasteiger partial charge in [0.2, 0.25) is 12.1 Å². The number of ether oxygens (including phenoxy) is 1. The first-order valence-electron chi connectivity index (χ1n) is 18.0. The second-order valence-electron chi connectivity index (χ2n) is 15.0. The number of amides is 1. The van der Waals surface area contributed by atoms with E-state index in [0.29, 0.717) is 46.7 Å². The number of aliphatic hydroxyl groups is 2. The lowest BCUT2D eigenvalue weighted by molar-refractivity contribution is -0.251. The molecule has 3 aromatic rings. The zero-order valence-electron chi connectivity index (χ0n) is 32.2. The quantitative estimate of drug-likeness (QED) is 0.0718. The van der Waals surface area contributed by atoms with E-state index in [2.05, 4.69) is 10.3 Å². The van der Waals surface area contributed by atoms with Gasteiger partial charge in [-0.15, -0.1) is 0 Å². The first-order valence-corrected chi connectivity index (χ1v) is 20.2. The van der Waals surface area contributed by atoms with Gasteiger partial charge in [0.15, 0.2) is 0 Å². The van der Waals surface area contributed by atoms with E-state index in [9.17, 15) is 46.1 Å². The minimum Gasteiger partial charge on any atom is -0.396 e. The van der Waals surface area contributed by atoms with E-state index in [0.717, 1.165) is 56.1 Å². The van der Waals surface area contributed by atoms with Crippen LogP contribution in [0.4, 0.5) is 40.9 Å². The summed E-state index contributed by atoms with van der Waals surface area (Å²) in [5, 5.41) is 21.9. The van der Waals surface area contributed by atoms with Crippen molar-refractivity contribution >= 4 is 35.2 Å². The molecule has 0 aliphatic heterocycles. The molecule has 57 heavy (non-hydrogen) atoms. The number of thioether (sulfide) groups is 2. The number of rotatable bonds is 21.